The van der Waals surface area contributed by atoms with Gasteiger partial charge in [-0.1, -0.05) is 34.1 Å². The standard InChI is InChI=1S/C15H25N3O/c1-5-7-12-8-11(9-13(16)18-12)14(19)17-10-15(3,4)6-2/h8-9H,5-7,10H2,1-4H3,(H2,16,18)(H,17,19). The fraction of sp³-hybridized carbons (Fsp3) is 0.600. The number of nitrogen functional groups attached to an aromatic ring is 1. The van der Waals surface area contributed by atoms with Crippen LogP contribution in [0, 0.1) is 5.41 Å². The van der Waals surface area contributed by atoms with Gasteiger partial charge in [-0.2, -0.15) is 0 Å². The van der Waals surface area contributed by atoms with Gasteiger partial charge in [0.05, 0.1) is 0 Å². The average molecular weight is 263 g/mol. The van der Waals surface area contributed by atoms with Gasteiger partial charge in [0, 0.05) is 17.8 Å². The molecule has 3 N–H and O–H groups in total. The first-order chi connectivity index (χ1) is 8.88. The van der Waals surface area contributed by atoms with Crippen LogP contribution in [-0.2, 0) is 6.42 Å². The van der Waals surface area contributed by atoms with Crippen molar-refractivity contribution >= 4 is 11.7 Å². The molecule has 0 aliphatic heterocycles. The zero-order chi connectivity index (χ0) is 14.5. The van der Waals surface area contributed by atoms with Gasteiger partial charge in [0.15, 0.2) is 0 Å². The topological polar surface area (TPSA) is 68.0 Å². The van der Waals surface area contributed by atoms with Crippen molar-refractivity contribution in [2.75, 3.05) is 12.3 Å². The van der Waals surface area contributed by atoms with Gasteiger partial charge in [0.1, 0.15) is 5.82 Å². The Kier molecular flexibility index (Phi) is 5.33. The predicted octanol–water partition coefficient (Wildman–Crippen LogP) is 2.78. The van der Waals surface area contributed by atoms with E-state index in [2.05, 4.69) is 38.0 Å². The summed E-state index contributed by atoms with van der Waals surface area (Å²) in [5.41, 5.74) is 7.33. The van der Waals surface area contributed by atoms with Crippen LogP contribution in [0.2, 0.25) is 0 Å². The molecule has 0 aliphatic carbocycles. The van der Waals surface area contributed by atoms with Gasteiger partial charge in [-0.15, -0.1) is 0 Å². The first kappa shape index (κ1) is 15.5. The Morgan fingerprint density at radius 2 is 2.05 bits per heavy atom. The van der Waals surface area contributed by atoms with Crippen molar-refractivity contribution < 1.29 is 4.79 Å². The lowest BCUT2D eigenvalue weighted by Gasteiger charge is -2.22. The molecule has 1 amide bonds. The van der Waals surface area contributed by atoms with E-state index in [4.69, 9.17) is 5.73 Å². The predicted molar refractivity (Wildman–Crippen MR) is 79.0 cm³/mol. The monoisotopic (exact) mass is 263 g/mol. The molecule has 1 rings (SSSR count). The van der Waals surface area contributed by atoms with Crippen LogP contribution in [0.25, 0.3) is 0 Å². The molecule has 0 spiro atoms. The van der Waals surface area contributed by atoms with Gasteiger partial charge in [0.25, 0.3) is 5.91 Å². The number of hydrogen-bond donors (Lipinski definition) is 2. The Hall–Kier alpha value is -1.58. The molecular formula is C15H25N3O. The lowest BCUT2D eigenvalue weighted by atomic mass is 9.90. The van der Waals surface area contributed by atoms with Crippen molar-refractivity contribution in [3.63, 3.8) is 0 Å². The van der Waals surface area contributed by atoms with E-state index in [0.29, 0.717) is 17.9 Å². The molecule has 0 aliphatic rings. The molecule has 0 fully saturated rings. The van der Waals surface area contributed by atoms with E-state index in [9.17, 15) is 4.79 Å². The summed E-state index contributed by atoms with van der Waals surface area (Å²) >= 11 is 0. The molecule has 0 bridgehead atoms. The minimum Gasteiger partial charge on any atom is -0.384 e. The number of amides is 1. The minimum atomic E-state index is -0.0759. The van der Waals surface area contributed by atoms with Crippen molar-refractivity contribution in [1.29, 1.82) is 0 Å². The number of nitrogens with two attached hydrogens (primary N) is 1. The van der Waals surface area contributed by atoms with Crippen LogP contribution in [0.15, 0.2) is 12.1 Å². The highest BCUT2D eigenvalue weighted by Gasteiger charge is 2.17. The highest BCUT2D eigenvalue weighted by atomic mass is 16.1. The number of carbonyl (C=O) groups is 1. The first-order valence-electron chi connectivity index (χ1n) is 6.92. The number of nitrogens with one attached hydrogen (secondary N) is 1. The molecule has 1 aromatic rings. The maximum Gasteiger partial charge on any atom is 0.251 e. The van der Waals surface area contributed by atoms with E-state index in [1.807, 2.05) is 6.07 Å². The Bertz CT molecular complexity index is 441. The van der Waals surface area contributed by atoms with E-state index in [1.165, 1.54) is 0 Å². The molecular weight excluding hydrogens is 238 g/mol. The number of hydrogen-bond acceptors (Lipinski definition) is 3. The van der Waals surface area contributed by atoms with Gasteiger partial charge < -0.3 is 11.1 Å². The van der Waals surface area contributed by atoms with Crippen LogP contribution >= 0.6 is 0 Å². The van der Waals surface area contributed by atoms with Gasteiger partial charge >= 0.3 is 0 Å². The summed E-state index contributed by atoms with van der Waals surface area (Å²) in [6, 6.07) is 3.46. The Morgan fingerprint density at radius 3 is 2.63 bits per heavy atom. The quantitative estimate of drug-likeness (QED) is 0.829. The summed E-state index contributed by atoms with van der Waals surface area (Å²) in [6.07, 6.45) is 2.85. The molecule has 19 heavy (non-hydrogen) atoms. The van der Waals surface area contributed by atoms with Crippen molar-refractivity contribution in [2.45, 2.75) is 47.0 Å². The summed E-state index contributed by atoms with van der Waals surface area (Å²) < 4.78 is 0. The van der Waals surface area contributed by atoms with Crippen molar-refractivity contribution in [3.8, 4) is 0 Å². The minimum absolute atomic E-state index is 0.0759. The van der Waals surface area contributed by atoms with Crippen LogP contribution in [-0.4, -0.2) is 17.4 Å². The second-order valence-electron chi connectivity index (χ2n) is 5.72. The summed E-state index contributed by atoms with van der Waals surface area (Å²) in [5.74, 6) is 0.332. The lowest BCUT2D eigenvalue weighted by molar-refractivity contribution is 0.0935. The molecule has 0 saturated heterocycles. The van der Waals surface area contributed by atoms with Crippen molar-refractivity contribution in [3.05, 3.63) is 23.4 Å². The largest absolute Gasteiger partial charge is 0.384 e. The van der Waals surface area contributed by atoms with Crippen LogP contribution in [0.5, 0.6) is 0 Å². The van der Waals surface area contributed by atoms with E-state index >= 15 is 0 Å². The second kappa shape index (κ2) is 6.55. The van der Waals surface area contributed by atoms with Gasteiger partial charge in [-0.3, -0.25) is 4.79 Å². The number of aryl methyl sites for hydroxylation is 1. The summed E-state index contributed by atoms with van der Waals surface area (Å²) in [5, 5.41) is 2.96. The zero-order valence-electron chi connectivity index (χ0n) is 12.4. The molecule has 106 valence electrons. The van der Waals surface area contributed by atoms with Gasteiger partial charge in [-0.25, -0.2) is 4.98 Å². The molecule has 1 heterocycles. The summed E-state index contributed by atoms with van der Waals surface area (Å²) in [7, 11) is 0. The molecule has 0 radical (unpaired) electrons. The smallest absolute Gasteiger partial charge is 0.251 e. The summed E-state index contributed by atoms with van der Waals surface area (Å²) in [4.78, 5) is 16.4. The highest BCUT2D eigenvalue weighted by Crippen LogP contribution is 2.18. The fourth-order valence-corrected chi connectivity index (χ4v) is 1.67. The second-order valence-corrected chi connectivity index (χ2v) is 5.72. The maximum absolute atomic E-state index is 12.1. The number of aromatic nitrogens is 1. The van der Waals surface area contributed by atoms with E-state index in [1.54, 1.807) is 6.07 Å². The lowest BCUT2D eigenvalue weighted by Crippen LogP contribution is -2.33. The number of pyridine rings is 1. The first-order valence-corrected chi connectivity index (χ1v) is 6.92. The van der Waals surface area contributed by atoms with Crippen molar-refractivity contribution in [1.82, 2.24) is 10.3 Å². The molecule has 0 unspecified atom stereocenters. The van der Waals surface area contributed by atoms with E-state index in [-0.39, 0.29) is 11.3 Å². The van der Waals surface area contributed by atoms with Gasteiger partial charge in [0.2, 0.25) is 0 Å². The number of anilines is 1. The Balaban J connectivity index is 2.76. The van der Waals surface area contributed by atoms with Crippen LogP contribution in [0.1, 0.15) is 56.6 Å². The van der Waals surface area contributed by atoms with Crippen LogP contribution in [0.3, 0.4) is 0 Å². The van der Waals surface area contributed by atoms with Crippen LogP contribution in [0.4, 0.5) is 5.82 Å². The maximum atomic E-state index is 12.1. The van der Waals surface area contributed by atoms with Gasteiger partial charge in [-0.05, 0) is 30.4 Å². The van der Waals surface area contributed by atoms with Crippen LogP contribution < -0.4 is 11.1 Å². The molecule has 0 saturated carbocycles. The number of nitrogens with zero attached hydrogens (tertiary/aromatic N) is 1. The third-order valence-electron chi connectivity index (χ3n) is 3.35. The third kappa shape index (κ3) is 4.89. The molecule has 4 nitrogen and oxygen atoms in total. The molecule has 1 aromatic heterocycles. The van der Waals surface area contributed by atoms with E-state index in [0.717, 1.165) is 25.0 Å². The normalized spacial score (nSPS) is 11.4. The third-order valence-corrected chi connectivity index (χ3v) is 3.35. The molecule has 0 atom stereocenters. The molecule has 4 heteroatoms. The Labute approximate surface area is 115 Å². The SMILES string of the molecule is CCCc1cc(C(=O)NCC(C)(C)CC)cc(N)n1. The van der Waals surface area contributed by atoms with E-state index < -0.39 is 0 Å². The fourth-order valence-electron chi connectivity index (χ4n) is 1.67. The number of rotatable bonds is 6. The average Bonchev–Trinajstić information content (AvgIpc) is 2.36. The Morgan fingerprint density at radius 1 is 1.37 bits per heavy atom. The number of carbonyl (C=O) groups excluding carboxylic acids is 1. The van der Waals surface area contributed by atoms with Crippen molar-refractivity contribution in [2.24, 2.45) is 5.41 Å². The highest BCUT2D eigenvalue weighted by molar-refractivity contribution is 5.94. The zero-order valence-corrected chi connectivity index (χ0v) is 12.4. The summed E-state index contributed by atoms with van der Waals surface area (Å²) in [6.45, 7) is 9.13. The molecule has 0 aromatic carbocycles.